The second kappa shape index (κ2) is 13.2. The van der Waals surface area contributed by atoms with Gasteiger partial charge >= 0.3 is 0 Å². The topological polar surface area (TPSA) is 61.7 Å². The SMILES string of the molecule is C=C/C=C\c1c(C)c2c3c(ccc2n1-c1nc(-c2ccc4c(c2)oc2ccccc24)nc(-n2c4ccccc4c4ccccc42)n1)-c1ccccc1C31c2ccccc2-c2ccccc21. The van der Waals surface area contributed by atoms with Gasteiger partial charge in [-0.2, -0.15) is 15.0 Å². The van der Waals surface area contributed by atoms with Crippen LogP contribution >= 0.6 is 0 Å². The molecule has 0 aliphatic heterocycles. The predicted octanol–water partition coefficient (Wildman–Crippen LogP) is 14.3. The summed E-state index contributed by atoms with van der Waals surface area (Å²) >= 11 is 0. The van der Waals surface area contributed by atoms with E-state index >= 15 is 0 Å². The smallest absolute Gasteiger partial charge is 0.240 e. The maximum absolute atomic E-state index is 6.44. The number of hydrogen-bond acceptors (Lipinski definition) is 4. The number of allylic oxidation sites excluding steroid dienone is 2. The summed E-state index contributed by atoms with van der Waals surface area (Å²) < 4.78 is 10.8. The van der Waals surface area contributed by atoms with E-state index in [0.29, 0.717) is 17.7 Å². The Morgan fingerprint density at radius 3 is 1.72 bits per heavy atom. The number of benzene rings is 8. The third-order valence-electron chi connectivity index (χ3n) is 14.0. The first-order valence-corrected chi connectivity index (χ1v) is 22.1. The third-order valence-corrected chi connectivity index (χ3v) is 14.0. The molecule has 0 saturated carbocycles. The largest absolute Gasteiger partial charge is 0.456 e. The molecule has 4 aromatic heterocycles. The van der Waals surface area contributed by atoms with Crippen molar-refractivity contribution in [1.82, 2.24) is 24.1 Å². The zero-order valence-electron chi connectivity index (χ0n) is 35.3. The van der Waals surface area contributed by atoms with E-state index < -0.39 is 5.41 Å². The summed E-state index contributed by atoms with van der Waals surface area (Å²) in [5.74, 6) is 1.57. The Hall–Kier alpha value is -8.61. The van der Waals surface area contributed by atoms with Crippen molar-refractivity contribution in [3.05, 3.63) is 228 Å². The van der Waals surface area contributed by atoms with Crippen LogP contribution in [0.2, 0.25) is 0 Å². The highest BCUT2D eigenvalue weighted by Gasteiger charge is 2.52. The van der Waals surface area contributed by atoms with Crippen molar-refractivity contribution >= 4 is 60.7 Å². The van der Waals surface area contributed by atoms with Crippen molar-refractivity contribution in [2.45, 2.75) is 12.3 Å². The molecule has 2 aliphatic carbocycles. The Kier molecular flexibility index (Phi) is 7.30. The number of fused-ring (bicyclic) bond motifs is 18. The van der Waals surface area contributed by atoms with E-state index in [9.17, 15) is 0 Å². The van der Waals surface area contributed by atoms with Crippen LogP contribution in [0.15, 0.2) is 199 Å². The van der Waals surface area contributed by atoms with E-state index in [0.717, 1.165) is 66.1 Å². The van der Waals surface area contributed by atoms with Crippen molar-refractivity contribution in [2.75, 3.05) is 0 Å². The number of nitrogens with zero attached hydrogens (tertiary/aromatic N) is 5. The molecule has 0 N–H and O–H groups in total. The average Bonchev–Trinajstić information content (AvgIpc) is 4.13. The van der Waals surface area contributed by atoms with Crippen LogP contribution in [0, 0.1) is 6.92 Å². The lowest BCUT2D eigenvalue weighted by atomic mass is 9.69. The number of hydrogen-bond donors (Lipinski definition) is 0. The molecule has 4 heterocycles. The minimum atomic E-state index is -0.546. The lowest BCUT2D eigenvalue weighted by molar-refractivity contribution is 0.669. The van der Waals surface area contributed by atoms with E-state index in [1.165, 1.54) is 49.9 Å². The number of para-hydroxylation sites is 3. The molecule has 8 aromatic carbocycles. The van der Waals surface area contributed by atoms with Gasteiger partial charge in [0.05, 0.1) is 27.7 Å². The molecule has 14 rings (SSSR count). The molecule has 0 saturated heterocycles. The molecule has 0 unspecified atom stereocenters. The van der Waals surface area contributed by atoms with E-state index in [1.54, 1.807) is 0 Å². The summed E-state index contributed by atoms with van der Waals surface area (Å²) in [6, 6.07) is 62.9. The first kappa shape index (κ1) is 35.9. The molecule has 0 radical (unpaired) electrons. The lowest BCUT2D eigenvalue weighted by Crippen LogP contribution is -2.26. The maximum atomic E-state index is 6.44. The molecule has 12 aromatic rings. The average molecular weight is 832 g/mol. The van der Waals surface area contributed by atoms with E-state index in [1.807, 2.05) is 30.4 Å². The van der Waals surface area contributed by atoms with Gasteiger partial charge in [0.15, 0.2) is 5.82 Å². The second-order valence-electron chi connectivity index (χ2n) is 17.1. The fraction of sp³-hybridized carbons (Fsp3) is 0.0339. The monoisotopic (exact) mass is 831 g/mol. The van der Waals surface area contributed by atoms with E-state index in [2.05, 4.69) is 186 Å². The predicted molar refractivity (Wildman–Crippen MR) is 264 cm³/mol. The lowest BCUT2D eigenvalue weighted by Gasteiger charge is -2.31. The zero-order valence-corrected chi connectivity index (χ0v) is 35.3. The summed E-state index contributed by atoms with van der Waals surface area (Å²) in [5.41, 5.74) is 17.2. The van der Waals surface area contributed by atoms with Gasteiger partial charge < -0.3 is 4.42 Å². The highest BCUT2D eigenvalue weighted by atomic mass is 16.3. The Morgan fingerprint density at radius 1 is 0.508 bits per heavy atom. The molecular weight excluding hydrogens is 795 g/mol. The number of rotatable bonds is 5. The highest BCUT2D eigenvalue weighted by molar-refractivity contribution is 6.10. The third kappa shape index (κ3) is 4.69. The Bertz CT molecular complexity index is 3950. The van der Waals surface area contributed by atoms with Crippen molar-refractivity contribution in [3.8, 4) is 45.5 Å². The van der Waals surface area contributed by atoms with Crippen LogP contribution in [-0.4, -0.2) is 24.1 Å². The fourth-order valence-electron chi connectivity index (χ4n) is 11.4. The Balaban J connectivity index is 1.11. The van der Waals surface area contributed by atoms with Gasteiger partial charge in [0, 0.05) is 32.5 Å². The van der Waals surface area contributed by atoms with Crippen molar-refractivity contribution in [3.63, 3.8) is 0 Å². The van der Waals surface area contributed by atoms with Crippen LogP contribution < -0.4 is 0 Å². The number of aryl methyl sites for hydroxylation is 1. The first-order chi connectivity index (χ1) is 32.1. The van der Waals surface area contributed by atoms with Gasteiger partial charge in [0.1, 0.15) is 11.2 Å². The van der Waals surface area contributed by atoms with Gasteiger partial charge in [-0.15, -0.1) is 0 Å². The van der Waals surface area contributed by atoms with Crippen molar-refractivity contribution in [1.29, 1.82) is 0 Å². The summed E-state index contributed by atoms with van der Waals surface area (Å²) in [5, 5.41) is 5.56. The molecule has 0 bridgehead atoms. The molecule has 0 fully saturated rings. The molecule has 304 valence electrons. The minimum absolute atomic E-state index is 0.509. The highest BCUT2D eigenvalue weighted by Crippen LogP contribution is 2.64. The molecule has 65 heavy (non-hydrogen) atoms. The Labute approximate surface area is 373 Å². The fourth-order valence-corrected chi connectivity index (χ4v) is 11.4. The van der Waals surface area contributed by atoms with Gasteiger partial charge in [-0.1, -0.05) is 158 Å². The maximum Gasteiger partial charge on any atom is 0.240 e. The number of aromatic nitrogens is 5. The van der Waals surface area contributed by atoms with Crippen molar-refractivity contribution in [2.24, 2.45) is 0 Å². The first-order valence-electron chi connectivity index (χ1n) is 22.1. The van der Waals surface area contributed by atoms with Crippen LogP contribution in [0.4, 0.5) is 0 Å². The molecule has 1 spiro atoms. The molecule has 2 aliphatic rings. The van der Waals surface area contributed by atoms with Crippen LogP contribution in [0.1, 0.15) is 33.5 Å². The Morgan fingerprint density at radius 2 is 1.06 bits per heavy atom. The van der Waals surface area contributed by atoms with Gasteiger partial charge in [-0.25, -0.2) is 0 Å². The van der Waals surface area contributed by atoms with E-state index in [4.69, 9.17) is 19.4 Å². The molecule has 0 amide bonds. The van der Waals surface area contributed by atoms with Gasteiger partial charge in [-0.3, -0.25) is 9.13 Å². The summed E-state index contributed by atoms with van der Waals surface area (Å²) in [7, 11) is 0. The summed E-state index contributed by atoms with van der Waals surface area (Å²) in [6.07, 6.45) is 5.98. The van der Waals surface area contributed by atoms with Crippen LogP contribution in [0.25, 0.3) is 106 Å². The second-order valence-corrected chi connectivity index (χ2v) is 17.1. The van der Waals surface area contributed by atoms with Gasteiger partial charge in [-0.05, 0) is 99.5 Å². The number of furan rings is 1. The summed E-state index contributed by atoms with van der Waals surface area (Å²) in [6.45, 7) is 6.35. The molecule has 0 atom stereocenters. The quantitative estimate of drug-likeness (QED) is 0.162. The zero-order chi connectivity index (χ0) is 43.0. The van der Waals surface area contributed by atoms with Crippen LogP contribution in [-0.2, 0) is 5.41 Å². The summed E-state index contributed by atoms with van der Waals surface area (Å²) in [4.78, 5) is 16.3. The van der Waals surface area contributed by atoms with Crippen LogP contribution in [0.5, 0.6) is 0 Å². The molecular formula is C59H37N5O. The van der Waals surface area contributed by atoms with Gasteiger partial charge in [0.2, 0.25) is 11.9 Å². The van der Waals surface area contributed by atoms with Crippen LogP contribution in [0.3, 0.4) is 0 Å². The molecule has 6 heteroatoms. The normalized spacial score (nSPS) is 13.4. The minimum Gasteiger partial charge on any atom is -0.456 e. The van der Waals surface area contributed by atoms with E-state index in [-0.39, 0.29) is 0 Å². The van der Waals surface area contributed by atoms with Crippen molar-refractivity contribution < 1.29 is 4.42 Å². The standard InChI is InChI=1S/C59H37N5O/c1-3-4-26-48-35(2)54-51(33-32-44-39-19-7-13-25-47(39)59(55(44)54)45-23-11-5-17-37(45)38-18-6-12-24-46(38)59)63(48)57-60-56(36-30-31-43-42-22-10-16-29-52(42)65-53(43)34-36)61-58(62-57)64-49-27-14-8-20-40(49)41-21-9-15-28-50(41)64/h3-34H,1H2,2H3/b26-4-. The van der Waals surface area contributed by atoms with Gasteiger partial charge in [0.25, 0.3) is 0 Å². The molecule has 6 nitrogen and oxygen atoms in total.